The molecule has 1 atom stereocenters. The Hall–Kier alpha value is -1.71. The molecule has 0 amide bonds. The van der Waals surface area contributed by atoms with Crippen LogP contribution in [-0.4, -0.2) is 22.3 Å². The lowest BCUT2D eigenvalue weighted by molar-refractivity contribution is -0.137. The molecule has 1 aliphatic rings. The van der Waals surface area contributed by atoms with Gasteiger partial charge in [0.1, 0.15) is 11.5 Å². The van der Waals surface area contributed by atoms with Crippen LogP contribution in [0.4, 0.5) is 0 Å². The van der Waals surface area contributed by atoms with Crippen LogP contribution >= 0.6 is 0 Å². The van der Waals surface area contributed by atoms with Crippen LogP contribution < -0.4 is 4.74 Å². The predicted molar refractivity (Wildman–Crippen MR) is 67.2 cm³/mol. The molecular weight excluding hydrogens is 232 g/mol. The number of hydrogen-bond donors (Lipinski definition) is 2. The number of ether oxygens (including phenoxy) is 1. The number of carboxylic acids is 1. The fraction of sp³-hybridized carbons (Fsp3) is 0.500. The second kappa shape index (κ2) is 4.88. The molecule has 4 heteroatoms. The van der Waals surface area contributed by atoms with Gasteiger partial charge < -0.3 is 14.9 Å². The summed E-state index contributed by atoms with van der Waals surface area (Å²) in [5.74, 6) is 0.341. The van der Waals surface area contributed by atoms with Crippen LogP contribution in [0.15, 0.2) is 6.07 Å². The van der Waals surface area contributed by atoms with E-state index in [1.807, 2.05) is 13.8 Å². The highest BCUT2D eigenvalue weighted by Crippen LogP contribution is 2.37. The second-order valence-electron chi connectivity index (χ2n) is 4.84. The van der Waals surface area contributed by atoms with E-state index in [1.165, 1.54) is 0 Å². The fourth-order valence-electron chi connectivity index (χ4n) is 2.32. The summed E-state index contributed by atoms with van der Waals surface area (Å²) in [5.41, 5.74) is 2.79. The molecule has 18 heavy (non-hydrogen) atoms. The van der Waals surface area contributed by atoms with E-state index in [1.54, 1.807) is 6.07 Å². The van der Waals surface area contributed by atoms with E-state index in [0.29, 0.717) is 12.2 Å². The van der Waals surface area contributed by atoms with Crippen molar-refractivity contribution < 1.29 is 19.7 Å². The predicted octanol–water partition coefficient (Wildman–Crippen LogP) is 2.57. The SMILES string of the molecule is Cc1c(O)cc2c(c1C)OC(CCC(=O)O)CC2. The van der Waals surface area contributed by atoms with Crippen molar-refractivity contribution in [1.29, 1.82) is 0 Å². The Balaban J connectivity index is 2.18. The van der Waals surface area contributed by atoms with Gasteiger partial charge in [0.05, 0.1) is 6.10 Å². The molecule has 1 aromatic rings. The van der Waals surface area contributed by atoms with Crippen molar-refractivity contribution in [1.82, 2.24) is 0 Å². The third-order valence-corrected chi connectivity index (χ3v) is 3.59. The van der Waals surface area contributed by atoms with Crippen LogP contribution in [0.25, 0.3) is 0 Å². The zero-order valence-corrected chi connectivity index (χ0v) is 10.7. The molecule has 0 radical (unpaired) electrons. The van der Waals surface area contributed by atoms with Crippen molar-refractivity contribution in [2.24, 2.45) is 0 Å². The van der Waals surface area contributed by atoms with Gasteiger partial charge in [-0.3, -0.25) is 4.79 Å². The van der Waals surface area contributed by atoms with Crippen LogP contribution in [0.3, 0.4) is 0 Å². The first-order chi connectivity index (χ1) is 8.49. The van der Waals surface area contributed by atoms with Crippen LogP contribution in [0.5, 0.6) is 11.5 Å². The Morgan fingerprint density at radius 2 is 2.17 bits per heavy atom. The number of aromatic hydroxyl groups is 1. The number of carbonyl (C=O) groups is 1. The van der Waals surface area contributed by atoms with Gasteiger partial charge in [0.15, 0.2) is 0 Å². The molecule has 98 valence electrons. The summed E-state index contributed by atoms with van der Waals surface area (Å²) in [6, 6.07) is 1.76. The summed E-state index contributed by atoms with van der Waals surface area (Å²) >= 11 is 0. The first-order valence-corrected chi connectivity index (χ1v) is 6.19. The fourth-order valence-corrected chi connectivity index (χ4v) is 2.32. The molecule has 0 aromatic heterocycles. The summed E-state index contributed by atoms with van der Waals surface area (Å²) < 4.78 is 5.87. The molecule has 0 saturated carbocycles. The molecule has 2 N–H and O–H groups in total. The van der Waals surface area contributed by atoms with Gasteiger partial charge >= 0.3 is 5.97 Å². The zero-order valence-electron chi connectivity index (χ0n) is 10.7. The molecule has 1 aliphatic heterocycles. The summed E-state index contributed by atoms with van der Waals surface area (Å²) in [7, 11) is 0. The largest absolute Gasteiger partial charge is 0.508 e. The number of phenols is 1. The molecule has 1 aromatic carbocycles. The first kappa shape index (κ1) is 12.7. The number of carboxylic acid groups (broad SMARTS) is 1. The molecule has 1 unspecified atom stereocenters. The lowest BCUT2D eigenvalue weighted by Gasteiger charge is -2.28. The minimum Gasteiger partial charge on any atom is -0.508 e. The van der Waals surface area contributed by atoms with E-state index in [9.17, 15) is 9.90 Å². The van der Waals surface area contributed by atoms with Gasteiger partial charge in [0, 0.05) is 6.42 Å². The third-order valence-electron chi connectivity index (χ3n) is 3.59. The number of benzene rings is 1. The quantitative estimate of drug-likeness (QED) is 0.865. The highest BCUT2D eigenvalue weighted by atomic mass is 16.5. The lowest BCUT2D eigenvalue weighted by atomic mass is 9.95. The molecule has 0 spiro atoms. The van der Waals surface area contributed by atoms with Gasteiger partial charge in [-0.1, -0.05) is 0 Å². The highest BCUT2D eigenvalue weighted by Gasteiger charge is 2.23. The van der Waals surface area contributed by atoms with Crippen molar-refractivity contribution in [3.8, 4) is 11.5 Å². The van der Waals surface area contributed by atoms with Crippen molar-refractivity contribution in [3.05, 3.63) is 22.8 Å². The summed E-state index contributed by atoms with van der Waals surface area (Å²) in [6.07, 6.45) is 2.28. The molecular formula is C14H18O4. The lowest BCUT2D eigenvalue weighted by Crippen LogP contribution is -2.24. The van der Waals surface area contributed by atoms with E-state index in [2.05, 4.69) is 0 Å². The van der Waals surface area contributed by atoms with Crippen molar-refractivity contribution in [2.45, 2.75) is 45.6 Å². The molecule has 0 fully saturated rings. The Labute approximate surface area is 106 Å². The van der Waals surface area contributed by atoms with Crippen LogP contribution in [-0.2, 0) is 11.2 Å². The zero-order chi connectivity index (χ0) is 13.3. The molecule has 1 heterocycles. The number of phenolic OH excluding ortho intramolecular Hbond substituents is 1. The van der Waals surface area contributed by atoms with Crippen LogP contribution in [0.2, 0.25) is 0 Å². The van der Waals surface area contributed by atoms with Crippen molar-refractivity contribution in [2.75, 3.05) is 0 Å². The van der Waals surface area contributed by atoms with Gasteiger partial charge in [0.25, 0.3) is 0 Å². The Morgan fingerprint density at radius 3 is 2.83 bits per heavy atom. The Kier molecular flexibility index (Phi) is 3.45. The summed E-state index contributed by atoms with van der Waals surface area (Å²) in [5, 5.41) is 18.5. The molecule has 2 rings (SSSR count). The molecule has 0 aliphatic carbocycles. The topological polar surface area (TPSA) is 66.8 Å². The van der Waals surface area contributed by atoms with Crippen LogP contribution in [0, 0.1) is 13.8 Å². The first-order valence-electron chi connectivity index (χ1n) is 6.19. The van der Waals surface area contributed by atoms with Crippen LogP contribution in [0.1, 0.15) is 36.0 Å². The number of aliphatic carboxylic acids is 1. The average Bonchev–Trinajstić information content (AvgIpc) is 2.34. The van der Waals surface area contributed by atoms with E-state index in [0.717, 1.165) is 35.3 Å². The van der Waals surface area contributed by atoms with Gasteiger partial charge in [-0.25, -0.2) is 0 Å². The minimum absolute atomic E-state index is 0.0313. The normalized spacial score (nSPS) is 18.0. The smallest absolute Gasteiger partial charge is 0.303 e. The summed E-state index contributed by atoms with van der Waals surface area (Å²) in [4.78, 5) is 10.6. The average molecular weight is 250 g/mol. The molecule has 0 saturated heterocycles. The van der Waals surface area contributed by atoms with E-state index < -0.39 is 5.97 Å². The monoisotopic (exact) mass is 250 g/mol. The molecule has 0 bridgehead atoms. The number of aryl methyl sites for hydroxylation is 1. The second-order valence-corrected chi connectivity index (χ2v) is 4.84. The number of hydrogen-bond acceptors (Lipinski definition) is 3. The minimum atomic E-state index is -0.789. The number of rotatable bonds is 3. The van der Waals surface area contributed by atoms with Gasteiger partial charge in [0.2, 0.25) is 0 Å². The Bertz CT molecular complexity index is 479. The van der Waals surface area contributed by atoms with Gasteiger partial charge in [-0.2, -0.15) is 0 Å². The highest BCUT2D eigenvalue weighted by molar-refractivity contribution is 5.66. The maximum Gasteiger partial charge on any atom is 0.303 e. The third kappa shape index (κ3) is 2.42. The molecule has 4 nitrogen and oxygen atoms in total. The van der Waals surface area contributed by atoms with Crippen molar-refractivity contribution in [3.63, 3.8) is 0 Å². The summed E-state index contributed by atoms with van der Waals surface area (Å²) in [6.45, 7) is 3.78. The van der Waals surface area contributed by atoms with E-state index in [-0.39, 0.29) is 12.5 Å². The van der Waals surface area contributed by atoms with E-state index >= 15 is 0 Å². The van der Waals surface area contributed by atoms with Gasteiger partial charge in [-0.05, 0) is 55.9 Å². The maximum absolute atomic E-state index is 10.6. The number of fused-ring (bicyclic) bond motifs is 1. The van der Waals surface area contributed by atoms with Crippen molar-refractivity contribution >= 4 is 5.97 Å². The van der Waals surface area contributed by atoms with Gasteiger partial charge in [-0.15, -0.1) is 0 Å². The standard InChI is InChI=1S/C14H18O4/c1-8-9(2)14-10(7-12(8)15)3-4-11(18-14)5-6-13(16)17/h7,11,15H,3-6H2,1-2H3,(H,16,17). The van der Waals surface area contributed by atoms with E-state index in [4.69, 9.17) is 9.84 Å². The Morgan fingerprint density at radius 1 is 1.44 bits per heavy atom. The maximum atomic E-state index is 10.6.